The van der Waals surface area contributed by atoms with Gasteiger partial charge in [-0.2, -0.15) is 5.10 Å². The van der Waals surface area contributed by atoms with E-state index in [0.29, 0.717) is 25.1 Å². The molecule has 0 bridgehead atoms. The average molecular weight is 430 g/mol. The molecular weight excluding hydrogens is 402 g/mol. The summed E-state index contributed by atoms with van der Waals surface area (Å²) in [5.74, 6) is 0.292. The van der Waals surface area contributed by atoms with Crippen LogP contribution in [0.5, 0.6) is 5.75 Å². The standard InChI is InChI=1S/C26H27N3O3/c30-25(16-13-21-7-3-1-4-8-21)29-28-19-23-11-14-24(15-12-23)32-20-26(31)27-18-17-22-9-5-2-6-10-22/h1-12,14-15,19H,13,16-18,20H2,(H,27,31)(H,29,30)/b28-19-. The molecule has 0 radical (unpaired) electrons. The maximum atomic E-state index is 11.9. The topological polar surface area (TPSA) is 79.8 Å². The zero-order chi connectivity index (χ0) is 22.4. The van der Waals surface area contributed by atoms with Crippen LogP contribution in [0.2, 0.25) is 0 Å². The molecule has 6 heteroatoms. The number of amides is 2. The highest BCUT2D eigenvalue weighted by Gasteiger charge is 2.03. The summed E-state index contributed by atoms with van der Waals surface area (Å²) in [4.78, 5) is 23.8. The number of hydrazone groups is 1. The molecule has 0 saturated heterocycles. The van der Waals surface area contributed by atoms with Gasteiger partial charge in [-0.15, -0.1) is 0 Å². The van der Waals surface area contributed by atoms with Crippen molar-refractivity contribution in [2.75, 3.05) is 13.2 Å². The average Bonchev–Trinajstić information content (AvgIpc) is 2.83. The largest absolute Gasteiger partial charge is 0.484 e. The van der Waals surface area contributed by atoms with Gasteiger partial charge in [0.1, 0.15) is 5.75 Å². The van der Waals surface area contributed by atoms with Crippen LogP contribution in [0.1, 0.15) is 23.1 Å². The van der Waals surface area contributed by atoms with Crippen molar-refractivity contribution in [2.24, 2.45) is 5.10 Å². The molecule has 0 aliphatic rings. The van der Waals surface area contributed by atoms with Crippen LogP contribution in [-0.2, 0) is 22.4 Å². The van der Waals surface area contributed by atoms with E-state index in [-0.39, 0.29) is 18.4 Å². The molecule has 2 amide bonds. The van der Waals surface area contributed by atoms with E-state index >= 15 is 0 Å². The Labute approximate surface area is 188 Å². The number of rotatable bonds is 11. The van der Waals surface area contributed by atoms with E-state index < -0.39 is 0 Å². The Hall–Kier alpha value is -3.93. The predicted octanol–water partition coefficient (Wildman–Crippen LogP) is 3.51. The third-order valence-corrected chi connectivity index (χ3v) is 4.72. The second-order valence-corrected chi connectivity index (χ2v) is 7.22. The highest BCUT2D eigenvalue weighted by Crippen LogP contribution is 2.11. The SMILES string of the molecule is O=C(COc1ccc(/C=N\NC(=O)CCc2ccccc2)cc1)NCCc1ccccc1. The number of nitrogens with one attached hydrogen (secondary N) is 2. The number of nitrogens with zero attached hydrogens (tertiary/aromatic N) is 1. The third-order valence-electron chi connectivity index (χ3n) is 4.72. The summed E-state index contributed by atoms with van der Waals surface area (Å²) >= 11 is 0. The lowest BCUT2D eigenvalue weighted by atomic mass is 10.1. The van der Waals surface area contributed by atoms with Crippen LogP contribution in [0.4, 0.5) is 0 Å². The maximum Gasteiger partial charge on any atom is 0.257 e. The molecular formula is C26H27N3O3. The molecule has 3 aromatic rings. The number of carbonyl (C=O) groups is 2. The van der Waals surface area contributed by atoms with Crippen molar-refractivity contribution in [2.45, 2.75) is 19.3 Å². The van der Waals surface area contributed by atoms with Crippen LogP contribution in [0.25, 0.3) is 0 Å². The Kier molecular flexibility index (Phi) is 9.02. The molecule has 0 aliphatic heterocycles. The van der Waals surface area contributed by atoms with Gasteiger partial charge >= 0.3 is 0 Å². The van der Waals surface area contributed by atoms with E-state index in [1.807, 2.05) is 72.8 Å². The van der Waals surface area contributed by atoms with Crippen LogP contribution in [0, 0.1) is 0 Å². The summed E-state index contributed by atoms with van der Waals surface area (Å²) in [7, 11) is 0. The van der Waals surface area contributed by atoms with Gasteiger partial charge in [0.25, 0.3) is 5.91 Å². The summed E-state index contributed by atoms with van der Waals surface area (Å²) in [5.41, 5.74) is 5.64. The van der Waals surface area contributed by atoms with E-state index in [2.05, 4.69) is 15.8 Å². The molecule has 0 unspecified atom stereocenters. The Morgan fingerprint density at radius 2 is 1.41 bits per heavy atom. The lowest BCUT2D eigenvalue weighted by molar-refractivity contribution is -0.123. The van der Waals surface area contributed by atoms with Gasteiger partial charge in [0.15, 0.2) is 6.61 Å². The minimum Gasteiger partial charge on any atom is -0.484 e. The lowest BCUT2D eigenvalue weighted by Gasteiger charge is -2.08. The maximum absolute atomic E-state index is 11.9. The number of ether oxygens (including phenoxy) is 1. The molecule has 0 fully saturated rings. The van der Waals surface area contributed by atoms with Crippen molar-refractivity contribution in [3.63, 3.8) is 0 Å². The summed E-state index contributed by atoms with van der Waals surface area (Å²) in [5, 5.41) is 6.83. The summed E-state index contributed by atoms with van der Waals surface area (Å²) in [6.45, 7) is 0.526. The number of benzene rings is 3. The van der Waals surface area contributed by atoms with Crippen molar-refractivity contribution in [1.29, 1.82) is 0 Å². The number of hydrogen-bond donors (Lipinski definition) is 2. The normalized spacial score (nSPS) is 10.6. The molecule has 0 atom stereocenters. The fourth-order valence-electron chi connectivity index (χ4n) is 2.98. The molecule has 3 aromatic carbocycles. The molecule has 32 heavy (non-hydrogen) atoms. The van der Waals surface area contributed by atoms with Crippen LogP contribution in [0.15, 0.2) is 90.0 Å². The summed E-state index contributed by atoms with van der Waals surface area (Å²) in [6.07, 6.45) is 3.40. The second-order valence-electron chi connectivity index (χ2n) is 7.22. The van der Waals surface area contributed by atoms with Gasteiger partial charge in [0.2, 0.25) is 5.91 Å². The van der Waals surface area contributed by atoms with Gasteiger partial charge in [0, 0.05) is 13.0 Å². The zero-order valence-electron chi connectivity index (χ0n) is 17.9. The first-order chi connectivity index (χ1) is 15.7. The number of carbonyl (C=O) groups excluding carboxylic acids is 2. The van der Waals surface area contributed by atoms with Gasteiger partial charge in [-0.1, -0.05) is 60.7 Å². The third kappa shape index (κ3) is 8.44. The Balaban J connectivity index is 1.32. The molecule has 0 spiro atoms. The fourth-order valence-corrected chi connectivity index (χ4v) is 2.98. The first kappa shape index (κ1) is 22.7. The zero-order valence-corrected chi connectivity index (χ0v) is 17.9. The van der Waals surface area contributed by atoms with E-state index in [1.54, 1.807) is 18.3 Å². The predicted molar refractivity (Wildman–Crippen MR) is 126 cm³/mol. The monoisotopic (exact) mass is 429 g/mol. The molecule has 0 aromatic heterocycles. The van der Waals surface area contributed by atoms with Gasteiger partial charge in [-0.3, -0.25) is 9.59 Å². The van der Waals surface area contributed by atoms with Crippen LogP contribution < -0.4 is 15.5 Å². The van der Waals surface area contributed by atoms with E-state index in [1.165, 1.54) is 5.56 Å². The van der Waals surface area contributed by atoms with E-state index in [0.717, 1.165) is 17.5 Å². The van der Waals surface area contributed by atoms with Crippen LogP contribution >= 0.6 is 0 Å². The highest BCUT2D eigenvalue weighted by atomic mass is 16.5. The van der Waals surface area contributed by atoms with Gasteiger partial charge in [-0.25, -0.2) is 5.43 Å². The van der Waals surface area contributed by atoms with Crippen molar-refractivity contribution >= 4 is 18.0 Å². The van der Waals surface area contributed by atoms with Crippen molar-refractivity contribution < 1.29 is 14.3 Å². The molecule has 164 valence electrons. The molecule has 2 N–H and O–H groups in total. The number of aryl methyl sites for hydroxylation is 1. The minimum atomic E-state index is -0.162. The molecule has 6 nitrogen and oxygen atoms in total. The first-order valence-corrected chi connectivity index (χ1v) is 10.6. The number of hydrogen-bond acceptors (Lipinski definition) is 4. The Bertz CT molecular complexity index is 1000. The Morgan fingerprint density at radius 3 is 2.06 bits per heavy atom. The lowest BCUT2D eigenvalue weighted by Crippen LogP contribution is -2.30. The summed E-state index contributed by atoms with van der Waals surface area (Å²) < 4.78 is 5.52. The fraction of sp³-hybridized carbons (Fsp3) is 0.192. The summed E-state index contributed by atoms with van der Waals surface area (Å²) in [6, 6.07) is 27.0. The van der Waals surface area contributed by atoms with Gasteiger partial charge in [-0.05, 0) is 53.8 Å². The molecule has 0 saturated carbocycles. The van der Waals surface area contributed by atoms with Crippen LogP contribution in [-0.4, -0.2) is 31.2 Å². The smallest absolute Gasteiger partial charge is 0.257 e. The van der Waals surface area contributed by atoms with E-state index in [9.17, 15) is 9.59 Å². The van der Waals surface area contributed by atoms with E-state index in [4.69, 9.17) is 4.74 Å². The quantitative estimate of drug-likeness (QED) is 0.362. The van der Waals surface area contributed by atoms with Gasteiger partial charge in [0.05, 0.1) is 6.21 Å². The van der Waals surface area contributed by atoms with Crippen molar-refractivity contribution in [1.82, 2.24) is 10.7 Å². The molecule has 3 rings (SSSR count). The minimum absolute atomic E-state index is 0.0420. The van der Waals surface area contributed by atoms with Crippen molar-refractivity contribution in [3.05, 3.63) is 102 Å². The Morgan fingerprint density at radius 1 is 0.781 bits per heavy atom. The highest BCUT2D eigenvalue weighted by molar-refractivity contribution is 5.82. The van der Waals surface area contributed by atoms with Crippen molar-refractivity contribution in [3.8, 4) is 5.75 Å². The molecule has 0 aliphatic carbocycles. The second kappa shape index (κ2) is 12.7. The molecule has 0 heterocycles. The first-order valence-electron chi connectivity index (χ1n) is 10.6. The van der Waals surface area contributed by atoms with Crippen LogP contribution in [0.3, 0.4) is 0 Å². The van der Waals surface area contributed by atoms with Gasteiger partial charge < -0.3 is 10.1 Å².